The first-order valence-corrected chi connectivity index (χ1v) is 50.4. The maximum Gasteiger partial charge on any atom is 0.326 e. The first-order chi connectivity index (χ1) is 70.0. The van der Waals surface area contributed by atoms with Crippen LogP contribution in [-0.4, -0.2) is 376 Å². The molecule has 49 nitrogen and oxygen atoms in total. The average Bonchev–Trinajstić information content (AvgIpc) is 0.787. The Bertz CT molecular complexity index is 3870. The van der Waals surface area contributed by atoms with Crippen LogP contribution in [0.2, 0.25) is 0 Å². The van der Waals surface area contributed by atoms with Crippen LogP contribution in [0.1, 0.15) is 231 Å². The number of aliphatic carboxylic acids is 1. The largest absolute Gasteiger partial charge is 0.480 e. The Morgan fingerprint density at radius 3 is 1.18 bits per heavy atom. The number of esters is 8. The van der Waals surface area contributed by atoms with Gasteiger partial charge in [-0.15, -0.1) is 0 Å². The van der Waals surface area contributed by atoms with Gasteiger partial charge in [0.2, 0.25) is 47.3 Å². The lowest BCUT2D eigenvalue weighted by Gasteiger charge is -2.44. The zero-order chi connectivity index (χ0) is 108. The summed E-state index contributed by atoms with van der Waals surface area (Å²) in [6, 6.07) is -5.41. The number of carboxylic acid groups (broad SMARTS) is 1. The lowest BCUT2D eigenvalue weighted by Crippen LogP contribution is -2.66. The molecule has 9 N–H and O–H groups in total. The second-order valence-corrected chi connectivity index (χ2v) is 34.9. The predicted molar refractivity (Wildman–Crippen MR) is 512 cm³/mol. The van der Waals surface area contributed by atoms with Gasteiger partial charge in [-0.1, -0.05) is 90.9 Å². The fourth-order valence-electron chi connectivity index (χ4n) is 15.2. The summed E-state index contributed by atoms with van der Waals surface area (Å²) in [6.07, 6.45) is 5.34. The molecule has 0 radical (unpaired) electrons. The second-order valence-electron chi connectivity index (χ2n) is 34.9. The van der Waals surface area contributed by atoms with Crippen molar-refractivity contribution in [3.8, 4) is 0 Å². The van der Waals surface area contributed by atoms with Gasteiger partial charge in [0, 0.05) is 119 Å². The van der Waals surface area contributed by atoms with Gasteiger partial charge in [0.15, 0.2) is 43.3 Å². The Balaban J connectivity index is 1.68. The number of ether oxygens (including phenoxy) is 23. The lowest BCUT2D eigenvalue weighted by molar-refractivity contribution is -0.279. The van der Waals surface area contributed by atoms with E-state index >= 15 is 0 Å². The van der Waals surface area contributed by atoms with Gasteiger partial charge in [-0.2, -0.15) is 0 Å². The molecule has 0 spiro atoms. The minimum atomic E-state index is -1.47. The molecule has 3 rings (SSSR count). The Hall–Kier alpha value is -9.87. The fourth-order valence-corrected chi connectivity index (χ4v) is 15.2. The van der Waals surface area contributed by atoms with Gasteiger partial charge in [-0.25, -0.2) is 4.79 Å². The summed E-state index contributed by atoms with van der Waals surface area (Å²) < 4.78 is 129. The Labute approximate surface area is 854 Å². The van der Waals surface area contributed by atoms with E-state index in [9.17, 15) is 86.6 Å². The highest BCUT2D eigenvalue weighted by molar-refractivity contribution is 5.93. The van der Waals surface area contributed by atoms with Crippen LogP contribution in [0.5, 0.6) is 0 Å². The molecule has 16 unspecified atom stereocenters. The molecule has 49 heteroatoms. The fraction of sp³-hybridized carbons (Fsp3) is 0.804. The normalized spacial score (nSPS) is 20.5. The SMILES string of the molecule is CCCCCCCCCCCCCCCC(=O)NCCCC(NC(=O)C(CCCCNC(=O)COCCOCCOCCOC1CC(C)C(OC(C)=O)C(COC(C)=O)O1)NC(=O)C(CCCCNC(=O)COCCOCCOCCOC1OC(COC(C)=O)C(OC(C)=O)C(OC(C)=O)C1NC(C)=O)NC(=O)COCCOCCOCCOC1OC(COC(C)=O)C(OC(C)=O)C(OC(C)=O)/C1=C\NC(C)=O)C(=O)O. The van der Waals surface area contributed by atoms with Gasteiger partial charge in [0.05, 0.1) is 119 Å². The van der Waals surface area contributed by atoms with Crippen molar-refractivity contribution >= 4 is 101 Å². The summed E-state index contributed by atoms with van der Waals surface area (Å²) in [5, 5.41) is 31.8. The van der Waals surface area contributed by atoms with Gasteiger partial charge < -0.3 is 157 Å². The zero-order valence-electron chi connectivity index (χ0n) is 86.9. The minimum absolute atomic E-state index is 0.00178. The molecule has 3 fully saturated rings. The van der Waals surface area contributed by atoms with Crippen LogP contribution in [0, 0.1) is 5.92 Å². The number of carbonyl (C=O) groups excluding carboxylic acids is 16. The summed E-state index contributed by atoms with van der Waals surface area (Å²) in [6.45, 7) is 14.6. The molecule has 8 amide bonds. The first-order valence-electron chi connectivity index (χ1n) is 50.4. The van der Waals surface area contributed by atoms with Crippen molar-refractivity contribution in [2.24, 2.45) is 5.92 Å². The van der Waals surface area contributed by atoms with E-state index in [1.54, 1.807) is 0 Å². The van der Waals surface area contributed by atoms with Crippen molar-refractivity contribution < 1.29 is 196 Å². The van der Waals surface area contributed by atoms with Crippen molar-refractivity contribution in [2.75, 3.05) is 178 Å². The Kier molecular flexibility index (Phi) is 71.5. The van der Waals surface area contributed by atoms with Gasteiger partial charge in [0.1, 0.15) is 88.2 Å². The number of rotatable bonds is 83. The van der Waals surface area contributed by atoms with Crippen LogP contribution in [0.25, 0.3) is 0 Å². The van der Waals surface area contributed by atoms with E-state index in [2.05, 4.69) is 49.5 Å². The van der Waals surface area contributed by atoms with Crippen molar-refractivity contribution in [1.29, 1.82) is 0 Å². The smallest absolute Gasteiger partial charge is 0.326 e. The molecular weight excluding hydrogens is 1930 g/mol. The van der Waals surface area contributed by atoms with Crippen molar-refractivity contribution in [3.63, 3.8) is 0 Å². The van der Waals surface area contributed by atoms with Gasteiger partial charge in [-0.3, -0.25) is 76.7 Å². The van der Waals surface area contributed by atoms with Crippen LogP contribution in [0.15, 0.2) is 11.8 Å². The molecule has 16 atom stereocenters. The third kappa shape index (κ3) is 63.1. The Morgan fingerprint density at radius 1 is 0.356 bits per heavy atom. The van der Waals surface area contributed by atoms with E-state index in [0.717, 1.165) is 67.2 Å². The maximum absolute atomic E-state index is 14.6. The van der Waals surface area contributed by atoms with E-state index < -0.39 is 207 Å². The number of unbranched alkanes of at least 4 members (excludes halogenated alkanes) is 14. The minimum Gasteiger partial charge on any atom is -0.480 e. The highest BCUT2D eigenvalue weighted by Gasteiger charge is 2.52. The quantitative estimate of drug-likeness (QED) is 0.0240. The number of carbonyl (C=O) groups is 17. The van der Waals surface area contributed by atoms with Gasteiger partial charge in [-0.05, 0) is 57.8 Å². The summed E-state index contributed by atoms with van der Waals surface area (Å²) in [7, 11) is 0. The van der Waals surface area contributed by atoms with E-state index in [1.807, 2.05) is 6.92 Å². The second kappa shape index (κ2) is 80.2. The molecule has 0 aromatic carbocycles. The molecule has 3 heterocycles. The monoisotopic (exact) mass is 2100 g/mol. The summed E-state index contributed by atoms with van der Waals surface area (Å²) in [5.41, 5.74) is 0.0472. The van der Waals surface area contributed by atoms with Crippen molar-refractivity contribution in [3.05, 3.63) is 11.8 Å². The van der Waals surface area contributed by atoms with Crippen LogP contribution in [0.3, 0.4) is 0 Å². The van der Waals surface area contributed by atoms with Crippen LogP contribution >= 0.6 is 0 Å². The van der Waals surface area contributed by atoms with Gasteiger partial charge >= 0.3 is 53.7 Å². The summed E-state index contributed by atoms with van der Waals surface area (Å²) >= 11 is 0. The lowest BCUT2D eigenvalue weighted by atomic mass is 9.93. The molecule has 0 saturated carbocycles. The molecule has 0 aliphatic carbocycles. The summed E-state index contributed by atoms with van der Waals surface area (Å²) in [5.74, 6) is -11.7. The molecule has 3 aliphatic heterocycles. The Morgan fingerprint density at radius 2 is 0.733 bits per heavy atom. The number of hydrogen-bond acceptors (Lipinski definition) is 40. The molecule has 0 aromatic heterocycles. The van der Waals surface area contributed by atoms with Crippen LogP contribution in [-0.2, 0) is 190 Å². The molecule has 836 valence electrons. The number of amides is 8. The standard InChI is InChI=1S/C97H162N8O41/c1-13-14-15-16-17-18-19-20-21-22-23-24-25-34-82(116)98-37-30-33-78(95(122)123)105-94(121)77(32-27-29-36-100-84(118)62-130-47-44-124-38-41-127-50-53-133-86-56-64(2)88(139-70(8)111)79(144-86)58-136-67(5)108)104-93(120)76(103-85(119)63-132-49-46-126-39-42-128-51-54-134-96-75(57-101-65(3)106)89(140-71(9)112)90(141-72(10)113)80(145-96)59-137-68(6)109)31-26-28-35-99-83(117)61-131-48-45-125-40-43-129-52-55-135-97-87(102-66(4)107)92(143-74(12)115)91(142-73(11)114)81(146-97)60-138-69(7)110/h57,64,76-81,86-92,96-97H,13-56,58-63H2,1-12H3,(H,98,116)(H,99,117)(H,100,118)(H,101,106)(H,102,107)(H,103,119)(H,104,120)(H,105,121)(H,122,123)/b75-57+. The molecular formula is C97H162N8O41. The van der Waals surface area contributed by atoms with E-state index in [-0.39, 0.29) is 227 Å². The third-order valence-corrected chi connectivity index (χ3v) is 22.0. The van der Waals surface area contributed by atoms with Crippen LogP contribution in [0.4, 0.5) is 0 Å². The van der Waals surface area contributed by atoms with E-state index in [0.29, 0.717) is 19.3 Å². The molecule has 3 aliphatic rings. The number of carboxylic acids is 1. The van der Waals surface area contributed by atoms with Crippen molar-refractivity contribution in [2.45, 2.75) is 323 Å². The molecule has 146 heavy (non-hydrogen) atoms. The third-order valence-electron chi connectivity index (χ3n) is 22.0. The van der Waals surface area contributed by atoms with E-state index in [1.165, 1.54) is 85.3 Å². The topological polar surface area (TPSA) is 619 Å². The summed E-state index contributed by atoms with van der Waals surface area (Å²) in [4.78, 5) is 214. The van der Waals surface area contributed by atoms with E-state index in [4.69, 9.17) is 109 Å². The van der Waals surface area contributed by atoms with Crippen molar-refractivity contribution in [1.82, 2.24) is 42.5 Å². The number of nitrogens with one attached hydrogen (secondary N) is 8. The zero-order valence-corrected chi connectivity index (χ0v) is 86.9. The van der Waals surface area contributed by atoms with Gasteiger partial charge in [0.25, 0.3) is 0 Å². The number of hydrogen-bond donors (Lipinski definition) is 9. The maximum atomic E-state index is 14.6. The highest BCUT2D eigenvalue weighted by atomic mass is 16.7. The molecule has 3 saturated heterocycles. The highest BCUT2D eigenvalue weighted by Crippen LogP contribution is 2.34. The predicted octanol–water partition coefficient (Wildman–Crippen LogP) is 2.75. The molecule has 0 bridgehead atoms. The van der Waals surface area contributed by atoms with Crippen LogP contribution < -0.4 is 42.5 Å². The molecule has 0 aromatic rings. The first kappa shape index (κ1) is 130. The average molecular weight is 2100 g/mol.